The predicted molar refractivity (Wildman–Crippen MR) is 153 cm³/mol. The number of rotatable bonds is 9. The van der Waals surface area contributed by atoms with Crippen molar-refractivity contribution >= 4 is 40.1 Å². The topological polar surface area (TPSA) is 107 Å². The summed E-state index contributed by atoms with van der Waals surface area (Å²) in [5.74, 6) is -3.80. The molecule has 1 aromatic carbocycles. The van der Waals surface area contributed by atoms with Crippen LogP contribution in [0.2, 0.25) is 5.02 Å². The van der Waals surface area contributed by atoms with Crippen LogP contribution in [0.25, 0.3) is 11.0 Å². The van der Waals surface area contributed by atoms with Gasteiger partial charge in [0.15, 0.2) is 12.1 Å². The van der Waals surface area contributed by atoms with Crippen molar-refractivity contribution in [2.24, 2.45) is 11.8 Å². The van der Waals surface area contributed by atoms with E-state index in [1.165, 1.54) is 20.0 Å². The molecule has 0 unspecified atom stereocenters. The largest absolute Gasteiger partial charge is 0.390 e. The minimum Gasteiger partial charge on any atom is -0.390 e. The van der Waals surface area contributed by atoms with Gasteiger partial charge in [0.1, 0.15) is 5.02 Å². The first-order valence-electron chi connectivity index (χ1n) is 13.9. The predicted octanol–water partition coefficient (Wildman–Crippen LogP) is 4.64. The van der Waals surface area contributed by atoms with Crippen molar-refractivity contribution in [3.05, 3.63) is 39.9 Å². The lowest BCUT2D eigenvalue weighted by molar-refractivity contribution is -0.105. The van der Waals surface area contributed by atoms with Gasteiger partial charge in [-0.2, -0.15) is 4.98 Å². The lowest BCUT2D eigenvalue weighted by Gasteiger charge is -2.41. The fourth-order valence-electron chi connectivity index (χ4n) is 5.39. The summed E-state index contributed by atoms with van der Waals surface area (Å²) in [6.45, 7) is 8.54. The molecule has 5 rings (SSSR count). The van der Waals surface area contributed by atoms with E-state index in [4.69, 9.17) is 21.1 Å². The number of nitrogens with one attached hydrogen (secondary N) is 1. The van der Waals surface area contributed by atoms with Gasteiger partial charge in [-0.1, -0.05) is 25.4 Å². The van der Waals surface area contributed by atoms with Gasteiger partial charge in [-0.15, -0.1) is 0 Å². The van der Waals surface area contributed by atoms with Crippen LogP contribution in [-0.2, 0) is 22.6 Å². The Bertz CT molecular complexity index is 1440. The summed E-state index contributed by atoms with van der Waals surface area (Å²) in [5.41, 5.74) is 0.914. The van der Waals surface area contributed by atoms with Crippen LogP contribution in [-0.4, -0.2) is 68.3 Å². The Kier molecular flexibility index (Phi) is 8.30. The summed E-state index contributed by atoms with van der Waals surface area (Å²) < 4.78 is 43.2. The van der Waals surface area contributed by atoms with Gasteiger partial charge in [0.25, 0.3) is 5.92 Å². The fraction of sp³-hybridized carbons (Fsp3) is 0.607. The first kappa shape index (κ1) is 29.7. The summed E-state index contributed by atoms with van der Waals surface area (Å²) in [7, 11) is 0. The highest BCUT2D eigenvalue weighted by Crippen LogP contribution is 2.39. The molecule has 10 nitrogen and oxygen atoms in total. The number of alkyl halides is 2. The maximum absolute atomic E-state index is 14.4. The minimum atomic E-state index is -2.76. The first-order valence-corrected chi connectivity index (χ1v) is 14.3. The second-order valence-electron chi connectivity index (χ2n) is 11.7. The number of halogens is 3. The molecule has 2 saturated heterocycles. The van der Waals surface area contributed by atoms with E-state index in [1.807, 2.05) is 18.2 Å². The van der Waals surface area contributed by atoms with E-state index < -0.39 is 23.4 Å². The normalized spacial score (nSPS) is 21.6. The number of hydrogen-bond donors (Lipinski definition) is 2. The van der Waals surface area contributed by atoms with Crippen molar-refractivity contribution in [1.29, 1.82) is 0 Å². The summed E-state index contributed by atoms with van der Waals surface area (Å²) in [5, 5.41) is 13.8. The molecule has 2 aromatic heterocycles. The molecule has 0 spiro atoms. The molecule has 2 atom stereocenters. The summed E-state index contributed by atoms with van der Waals surface area (Å²) in [6.07, 6.45) is 2.02. The second kappa shape index (κ2) is 11.5. The van der Waals surface area contributed by atoms with Gasteiger partial charge in [0.05, 0.1) is 36.0 Å². The summed E-state index contributed by atoms with van der Waals surface area (Å²) >= 11 is 6.43. The van der Waals surface area contributed by atoms with Crippen LogP contribution in [0.4, 0.5) is 26.2 Å². The van der Waals surface area contributed by atoms with Crippen LogP contribution in [0.5, 0.6) is 0 Å². The van der Waals surface area contributed by atoms with E-state index in [9.17, 15) is 18.7 Å². The number of fused-ring (bicyclic) bond motifs is 1. The molecule has 3 aromatic rings. The molecule has 13 heteroatoms. The molecule has 4 heterocycles. The number of aliphatic hydroxyl groups is 1. The highest BCUT2D eigenvalue weighted by molar-refractivity contribution is 6.32. The van der Waals surface area contributed by atoms with Crippen LogP contribution in [0.1, 0.15) is 40.5 Å². The van der Waals surface area contributed by atoms with Crippen molar-refractivity contribution in [2.45, 2.75) is 71.4 Å². The molecule has 0 radical (unpaired) electrons. The number of hydrogen-bond acceptors (Lipinski definition) is 8. The number of imidazole rings is 1. The average Bonchev–Trinajstić information content (AvgIpc) is 3.51. The molecular formula is C28H37ClF2N6O4. The highest BCUT2D eigenvalue weighted by Gasteiger charge is 2.47. The van der Waals surface area contributed by atoms with Crippen molar-refractivity contribution < 1.29 is 23.4 Å². The van der Waals surface area contributed by atoms with Crippen molar-refractivity contribution in [1.82, 2.24) is 19.1 Å². The maximum Gasteiger partial charge on any atom is 0.329 e. The Morgan fingerprint density at radius 2 is 1.78 bits per heavy atom. The zero-order valence-corrected chi connectivity index (χ0v) is 24.5. The van der Waals surface area contributed by atoms with E-state index in [2.05, 4.69) is 15.3 Å². The van der Waals surface area contributed by atoms with E-state index in [0.717, 1.165) is 5.52 Å². The lowest BCUT2D eigenvalue weighted by atomic mass is 9.87. The van der Waals surface area contributed by atoms with E-state index in [-0.39, 0.29) is 30.1 Å². The highest BCUT2D eigenvalue weighted by atomic mass is 35.5. The molecule has 0 bridgehead atoms. The Balaban J connectivity index is 1.44. The third kappa shape index (κ3) is 6.35. The third-order valence-electron chi connectivity index (χ3n) is 7.82. The molecule has 224 valence electrons. The molecule has 2 fully saturated rings. The van der Waals surface area contributed by atoms with Gasteiger partial charge in [-0.3, -0.25) is 9.13 Å². The minimum absolute atomic E-state index is 0.127. The fourth-order valence-corrected chi connectivity index (χ4v) is 5.52. The summed E-state index contributed by atoms with van der Waals surface area (Å²) in [6, 6.07) is 5.51. The van der Waals surface area contributed by atoms with Crippen molar-refractivity contribution in [3.63, 3.8) is 0 Å². The van der Waals surface area contributed by atoms with Gasteiger partial charge >= 0.3 is 5.69 Å². The SMILES string of the molecule is C[C@@H]1CN(c2ncc(Cl)c(Nc3ccc4c(c3)n(CCC(C)(C)O)c(=O)n4CCC3OCCO3)n2)C[C@H](C)C1(F)F. The number of nitrogens with zero attached hydrogens (tertiary/aromatic N) is 5. The van der Waals surface area contributed by atoms with Crippen molar-refractivity contribution in [2.75, 3.05) is 36.5 Å². The third-order valence-corrected chi connectivity index (χ3v) is 8.10. The van der Waals surface area contributed by atoms with Crippen LogP contribution in [0, 0.1) is 11.8 Å². The first-order chi connectivity index (χ1) is 19.3. The van der Waals surface area contributed by atoms with Gasteiger partial charge in [-0.05, 0) is 38.5 Å². The zero-order chi connectivity index (χ0) is 29.5. The quantitative estimate of drug-likeness (QED) is 0.369. The Morgan fingerprint density at radius 3 is 2.44 bits per heavy atom. The van der Waals surface area contributed by atoms with Crippen LogP contribution < -0.4 is 15.9 Å². The smallest absolute Gasteiger partial charge is 0.329 e. The number of aryl methyl sites for hydroxylation is 2. The Morgan fingerprint density at radius 1 is 1.12 bits per heavy atom. The molecule has 2 N–H and O–H groups in total. The van der Waals surface area contributed by atoms with E-state index in [1.54, 1.807) is 27.9 Å². The molecule has 2 aliphatic rings. The average molecular weight is 595 g/mol. The Labute approximate surface area is 242 Å². The standard InChI is InChI=1S/C28H37ClF2N6O4/c1-17-15-35(16-18(2)28(17,30)31)25-32-14-20(29)24(34-25)33-19-5-6-21-22(13-19)37(10-8-27(3,4)39)26(38)36(21)9-7-23-40-11-12-41-23/h5-6,13-14,17-18,23,39H,7-12,15-16H2,1-4H3,(H,32,33,34)/t17-,18+. The number of piperidine rings is 1. The molecule has 0 saturated carbocycles. The molecular weight excluding hydrogens is 558 g/mol. The van der Waals surface area contributed by atoms with E-state index >= 15 is 0 Å². The molecule has 0 aliphatic carbocycles. The number of ether oxygens (including phenoxy) is 2. The zero-order valence-electron chi connectivity index (χ0n) is 23.7. The van der Waals surface area contributed by atoms with Crippen LogP contribution in [0.15, 0.2) is 29.2 Å². The van der Waals surface area contributed by atoms with Crippen LogP contribution >= 0.6 is 11.6 Å². The van der Waals surface area contributed by atoms with E-state index in [0.29, 0.717) is 62.1 Å². The molecule has 2 aliphatic heterocycles. The molecule has 0 amide bonds. The van der Waals surface area contributed by atoms with Gasteiger partial charge < -0.3 is 24.8 Å². The lowest BCUT2D eigenvalue weighted by Crippen LogP contribution is -2.52. The summed E-state index contributed by atoms with van der Waals surface area (Å²) in [4.78, 5) is 24.1. The number of anilines is 3. The monoisotopic (exact) mass is 594 g/mol. The van der Waals surface area contributed by atoms with Crippen molar-refractivity contribution in [3.8, 4) is 0 Å². The van der Waals surface area contributed by atoms with Gasteiger partial charge in [0, 0.05) is 50.1 Å². The van der Waals surface area contributed by atoms with Gasteiger partial charge in [0.2, 0.25) is 5.95 Å². The second-order valence-corrected chi connectivity index (χ2v) is 12.1. The maximum atomic E-state index is 14.4. The number of aromatic nitrogens is 4. The number of benzene rings is 1. The van der Waals surface area contributed by atoms with Crippen LogP contribution in [0.3, 0.4) is 0 Å². The molecule has 41 heavy (non-hydrogen) atoms. The Hall–Kier alpha value is -2.80. The van der Waals surface area contributed by atoms with Gasteiger partial charge in [-0.25, -0.2) is 18.6 Å².